The van der Waals surface area contributed by atoms with E-state index in [0.717, 1.165) is 13.0 Å². The van der Waals surface area contributed by atoms with Crippen molar-refractivity contribution in [3.05, 3.63) is 35.9 Å². The molecule has 1 aliphatic heterocycles. The van der Waals surface area contributed by atoms with Crippen LogP contribution in [0, 0.1) is 0 Å². The largest absolute Gasteiger partial charge is 1.00 e. The van der Waals surface area contributed by atoms with E-state index in [1.165, 1.54) is 5.56 Å². The summed E-state index contributed by atoms with van der Waals surface area (Å²) in [7, 11) is -2.76. The molecule has 1 fully saturated rings. The molecule has 1 atom stereocenters. The van der Waals surface area contributed by atoms with Crippen LogP contribution < -0.4 is 17.7 Å². The Morgan fingerprint density at radius 2 is 1.94 bits per heavy atom. The fraction of sp³-hybridized carbons (Fsp3) is 0.455. The van der Waals surface area contributed by atoms with Crippen molar-refractivity contribution in [1.82, 2.24) is 5.32 Å². The van der Waals surface area contributed by atoms with Gasteiger partial charge in [0.25, 0.3) is 0 Å². The topological polar surface area (TPSA) is 46.2 Å². The Bertz CT molecular complexity index is 419. The number of hydrogen-bond donors (Lipinski definition) is 1. The summed E-state index contributed by atoms with van der Waals surface area (Å²) in [6, 6.07) is 10.2. The second kappa shape index (κ2) is 5.66. The van der Waals surface area contributed by atoms with Gasteiger partial charge >= 0.3 is 0 Å². The SMILES string of the molecule is O=S1(=O)CCC(NCc2ccccc2)C1.[Cl-]. The summed E-state index contributed by atoms with van der Waals surface area (Å²) in [6.07, 6.45) is 0.745. The van der Waals surface area contributed by atoms with E-state index >= 15 is 0 Å². The molecule has 0 bridgehead atoms. The third-order valence-electron chi connectivity index (χ3n) is 2.67. The van der Waals surface area contributed by atoms with Gasteiger partial charge in [-0.2, -0.15) is 0 Å². The molecule has 16 heavy (non-hydrogen) atoms. The molecule has 0 radical (unpaired) electrons. The van der Waals surface area contributed by atoms with Crippen molar-refractivity contribution in [2.24, 2.45) is 0 Å². The van der Waals surface area contributed by atoms with E-state index in [4.69, 9.17) is 0 Å². The van der Waals surface area contributed by atoms with Crippen LogP contribution in [0.3, 0.4) is 0 Å². The van der Waals surface area contributed by atoms with Crippen molar-refractivity contribution in [1.29, 1.82) is 0 Å². The average Bonchev–Trinajstić information content (AvgIpc) is 2.57. The number of benzene rings is 1. The molecular formula is C11H15ClNO2S-. The Kier molecular flexibility index (Phi) is 4.77. The molecule has 5 heteroatoms. The summed E-state index contributed by atoms with van der Waals surface area (Å²) >= 11 is 0. The lowest BCUT2D eigenvalue weighted by Gasteiger charge is -2.10. The van der Waals surface area contributed by atoms with Crippen molar-refractivity contribution in [3.8, 4) is 0 Å². The lowest BCUT2D eigenvalue weighted by atomic mass is 10.2. The lowest BCUT2D eigenvalue weighted by Crippen LogP contribution is -3.00. The normalized spacial score (nSPS) is 22.6. The predicted octanol–water partition coefficient (Wildman–Crippen LogP) is -2.03. The maximum absolute atomic E-state index is 11.2. The number of halogens is 1. The summed E-state index contributed by atoms with van der Waals surface area (Å²) < 4.78 is 22.4. The summed E-state index contributed by atoms with van der Waals surface area (Å²) in [5.41, 5.74) is 1.20. The van der Waals surface area contributed by atoms with Crippen LogP contribution in [0.5, 0.6) is 0 Å². The molecule has 0 aromatic heterocycles. The predicted molar refractivity (Wildman–Crippen MR) is 60.3 cm³/mol. The summed E-state index contributed by atoms with van der Waals surface area (Å²) in [5.74, 6) is 0.624. The quantitative estimate of drug-likeness (QED) is 0.682. The Balaban J connectivity index is 0.00000128. The van der Waals surface area contributed by atoms with Crippen LogP contribution >= 0.6 is 0 Å². The second-order valence-corrected chi connectivity index (χ2v) is 6.20. The van der Waals surface area contributed by atoms with Gasteiger partial charge in [-0.25, -0.2) is 8.42 Å². The third-order valence-corrected chi connectivity index (χ3v) is 4.44. The van der Waals surface area contributed by atoms with Crippen LogP contribution in [0.15, 0.2) is 30.3 Å². The number of sulfone groups is 1. The first-order valence-electron chi connectivity index (χ1n) is 5.13. The van der Waals surface area contributed by atoms with Crippen LogP contribution in [-0.2, 0) is 16.4 Å². The second-order valence-electron chi connectivity index (χ2n) is 3.97. The molecule has 1 unspecified atom stereocenters. The minimum Gasteiger partial charge on any atom is -1.00 e. The van der Waals surface area contributed by atoms with E-state index in [0.29, 0.717) is 11.5 Å². The van der Waals surface area contributed by atoms with Gasteiger partial charge in [0.1, 0.15) is 0 Å². The van der Waals surface area contributed by atoms with E-state index in [-0.39, 0.29) is 18.4 Å². The first kappa shape index (κ1) is 13.5. The Morgan fingerprint density at radius 1 is 1.25 bits per heavy atom. The highest BCUT2D eigenvalue weighted by atomic mass is 35.5. The van der Waals surface area contributed by atoms with E-state index in [1.54, 1.807) is 0 Å². The maximum Gasteiger partial charge on any atom is 0.151 e. The summed E-state index contributed by atoms with van der Waals surface area (Å²) in [6.45, 7) is 0.751. The molecule has 3 nitrogen and oxygen atoms in total. The molecular weight excluding hydrogens is 246 g/mol. The zero-order valence-corrected chi connectivity index (χ0v) is 10.5. The fourth-order valence-corrected chi connectivity index (χ4v) is 3.52. The van der Waals surface area contributed by atoms with E-state index in [2.05, 4.69) is 5.32 Å². The van der Waals surface area contributed by atoms with Gasteiger partial charge in [-0.15, -0.1) is 0 Å². The van der Waals surface area contributed by atoms with Crippen LogP contribution in [0.25, 0.3) is 0 Å². The molecule has 1 saturated heterocycles. The first-order chi connectivity index (χ1) is 7.16. The van der Waals surface area contributed by atoms with Gasteiger partial charge in [0.15, 0.2) is 9.84 Å². The molecule has 0 amide bonds. The zero-order valence-electron chi connectivity index (χ0n) is 8.90. The fourth-order valence-electron chi connectivity index (χ4n) is 1.81. The molecule has 1 heterocycles. The first-order valence-corrected chi connectivity index (χ1v) is 6.96. The summed E-state index contributed by atoms with van der Waals surface area (Å²) in [4.78, 5) is 0. The Morgan fingerprint density at radius 3 is 2.50 bits per heavy atom. The Labute approximate surface area is 103 Å². The standard InChI is InChI=1S/C11H15NO2S.ClH/c13-15(14)7-6-11(9-15)12-8-10-4-2-1-3-5-10;/h1-5,11-12H,6-9H2;1H/p-1. The Hall–Kier alpha value is -0.580. The van der Waals surface area contributed by atoms with Crippen molar-refractivity contribution >= 4 is 9.84 Å². The van der Waals surface area contributed by atoms with Crippen LogP contribution in [-0.4, -0.2) is 26.0 Å². The van der Waals surface area contributed by atoms with Gasteiger partial charge in [-0.1, -0.05) is 30.3 Å². The highest BCUT2D eigenvalue weighted by Gasteiger charge is 2.26. The van der Waals surface area contributed by atoms with Crippen molar-refractivity contribution < 1.29 is 20.8 Å². The number of rotatable bonds is 3. The van der Waals surface area contributed by atoms with Gasteiger partial charge in [0.05, 0.1) is 11.5 Å². The molecule has 1 aromatic carbocycles. The van der Waals surface area contributed by atoms with E-state index in [1.807, 2.05) is 30.3 Å². The molecule has 0 aliphatic carbocycles. The molecule has 0 spiro atoms. The van der Waals surface area contributed by atoms with Crippen LogP contribution in [0.1, 0.15) is 12.0 Å². The monoisotopic (exact) mass is 260 g/mol. The van der Waals surface area contributed by atoms with E-state index in [9.17, 15) is 8.42 Å². The van der Waals surface area contributed by atoms with Gasteiger partial charge in [-0.3, -0.25) is 0 Å². The molecule has 2 rings (SSSR count). The molecule has 1 aliphatic rings. The van der Waals surface area contributed by atoms with Crippen LogP contribution in [0.2, 0.25) is 0 Å². The minimum absolute atomic E-state index is 0. The molecule has 90 valence electrons. The van der Waals surface area contributed by atoms with Gasteiger partial charge in [0, 0.05) is 12.6 Å². The minimum atomic E-state index is -2.76. The highest BCUT2D eigenvalue weighted by Crippen LogP contribution is 2.11. The van der Waals surface area contributed by atoms with Crippen molar-refractivity contribution in [3.63, 3.8) is 0 Å². The maximum atomic E-state index is 11.2. The molecule has 0 saturated carbocycles. The van der Waals surface area contributed by atoms with Crippen molar-refractivity contribution in [2.45, 2.75) is 19.0 Å². The molecule has 1 N–H and O–H groups in total. The van der Waals surface area contributed by atoms with Crippen molar-refractivity contribution in [2.75, 3.05) is 11.5 Å². The smallest absolute Gasteiger partial charge is 0.151 e. The van der Waals surface area contributed by atoms with E-state index < -0.39 is 9.84 Å². The van der Waals surface area contributed by atoms with Gasteiger partial charge < -0.3 is 17.7 Å². The van der Waals surface area contributed by atoms with Crippen LogP contribution in [0.4, 0.5) is 0 Å². The van der Waals surface area contributed by atoms with Gasteiger partial charge in [0.2, 0.25) is 0 Å². The number of hydrogen-bond acceptors (Lipinski definition) is 3. The zero-order chi connectivity index (χ0) is 10.7. The highest BCUT2D eigenvalue weighted by molar-refractivity contribution is 7.91. The number of nitrogens with one attached hydrogen (secondary N) is 1. The molecule has 1 aromatic rings. The lowest BCUT2D eigenvalue weighted by molar-refractivity contribution is -0.00000559. The van der Waals surface area contributed by atoms with Gasteiger partial charge in [-0.05, 0) is 12.0 Å². The average molecular weight is 261 g/mol. The summed E-state index contributed by atoms with van der Waals surface area (Å²) in [5, 5.41) is 3.27. The third kappa shape index (κ3) is 3.77.